The van der Waals surface area contributed by atoms with Crippen LogP contribution in [0.5, 0.6) is 0 Å². The van der Waals surface area contributed by atoms with Crippen LogP contribution < -0.4 is 0 Å². The molecule has 0 spiro atoms. The second-order valence-electron chi connectivity index (χ2n) is 15.6. The van der Waals surface area contributed by atoms with Crippen molar-refractivity contribution in [3.63, 3.8) is 0 Å². The molecule has 11 atom stereocenters. The second kappa shape index (κ2) is 17.0. The highest BCUT2D eigenvalue weighted by Crippen LogP contribution is 2.40. The number of aromatic nitrogens is 1. The molecule has 1 aromatic carbocycles. The number of fused-ring (bicyclic) bond motifs is 1. The molecular weight excluding hydrogens is 683 g/mol. The molecule has 0 aliphatic carbocycles. The molecule has 0 amide bonds. The molecule has 2 aliphatic heterocycles. The highest BCUT2D eigenvalue weighted by atomic mass is 19.1. The largest absolute Gasteiger partial charge is 0.458 e. The molecule has 2 aliphatic rings. The summed E-state index contributed by atoms with van der Waals surface area (Å²) < 4.78 is 41.9. The molecule has 0 radical (unpaired) electrons. The Bertz CT molecular complexity index is 1690. The van der Waals surface area contributed by atoms with E-state index in [0.717, 1.165) is 23.4 Å². The van der Waals surface area contributed by atoms with Gasteiger partial charge in [-0.1, -0.05) is 44.2 Å². The topological polar surface area (TPSA) is 145 Å². The normalized spacial score (nSPS) is 36.8. The quantitative estimate of drug-likeness (QED) is 0.265. The van der Waals surface area contributed by atoms with Crippen molar-refractivity contribution in [1.29, 1.82) is 0 Å². The SMILES string of the molecule is CC[C@H]1OC(=O)[C@H](C)C(=O)[C@H](C)[C@@H](O[C@@H]2O[C@H](C)C[C@H](N(C)C)[C@H]2O)[C@](C)(OCC=Cc2cnc3ccccc3c2)C[C@](C)(F)C(=O)C(C)=C[C@]1(C)O. The van der Waals surface area contributed by atoms with Crippen LogP contribution in [0.15, 0.2) is 54.3 Å². The van der Waals surface area contributed by atoms with Crippen LogP contribution in [0.1, 0.15) is 80.2 Å². The van der Waals surface area contributed by atoms with Crippen LogP contribution in [0.2, 0.25) is 0 Å². The van der Waals surface area contributed by atoms with E-state index in [9.17, 15) is 24.6 Å². The lowest BCUT2D eigenvalue weighted by Crippen LogP contribution is -2.60. The van der Waals surface area contributed by atoms with Crippen molar-refractivity contribution < 1.29 is 47.9 Å². The number of benzene rings is 1. The first kappa shape index (κ1) is 42.4. The van der Waals surface area contributed by atoms with Gasteiger partial charge in [0.25, 0.3) is 0 Å². The van der Waals surface area contributed by atoms with Gasteiger partial charge in [-0.25, -0.2) is 4.39 Å². The van der Waals surface area contributed by atoms with E-state index in [0.29, 0.717) is 6.42 Å². The fourth-order valence-corrected chi connectivity index (χ4v) is 7.69. The number of allylic oxidation sites excluding steroid dienone is 1. The van der Waals surface area contributed by atoms with Gasteiger partial charge in [0.15, 0.2) is 23.5 Å². The van der Waals surface area contributed by atoms with Gasteiger partial charge in [-0.15, -0.1) is 0 Å². The van der Waals surface area contributed by atoms with Gasteiger partial charge in [0.05, 0.1) is 29.9 Å². The number of carbonyl (C=O) groups is 3. The molecule has 0 bridgehead atoms. The lowest BCUT2D eigenvalue weighted by Gasteiger charge is -2.47. The number of carbonyl (C=O) groups excluding carboxylic acids is 3. The fourth-order valence-electron chi connectivity index (χ4n) is 7.69. The van der Waals surface area contributed by atoms with Gasteiger partial charge in [0.1, 0.15) is 23.7 Å². The van der Waals surface area contributed by atoms with Crippen LogP contribution in [-0.4, -0.2) is 112 Å². The molecule has 11 nitrogen and oxygen atoms in total. The van der Waals surface area contributed by atoms with Crippen molar-refractivity contribution in [2.75, 3.05) is 20.7 Å². The van der Waals surface area contributed by atoms with Gasteiger partial charge in [-0.3, -0.25) is 19.4 Å². The molecule has 2 N–H and O–H groups in total. The lowest BCUT2D eigenvalue weighted by molar-refractivity contribution is -0.297. The van der Waals surface area contributed by atoms with Crippen molar-refractivity contribution in [3.8, 4) is 0 Å². The first-order valence-electron chi connectivity index (χ1n) is 18.4. The van der Waals surface area contributed by atoms with Gasteiger partial charge < -0.3 is 34.1 Å². The highest BCUT2D eigenvalue weighted by Gasteiger charge is 2.53. The zero-order chi connectivity index (χ0) is 39.5. The molecule has 1 saturated heterocycles. The summed E-state index contributed by atoms with van der Waals surface area (Å²) >= 11 is 0. The van der Waals surface area contributed by atoms with Crippen LogP contribution in [0, 0.1) is 11.8 Å². The number of nitrogens with zero attached hydrogens (tertiary/aromatic N) is 2. The minimum Gasteiger partial charge on any atom is -0.458 e. The third-order valence-corrected chi connectivity index (χ3v) is 10.6. The molecule has 0 saturated carbocycles. The number of ketones is 2. The Morgan fingerprint density at radius 3 is 2.45 bits per heavy atom. The summed E-state index contributed by atoms with van der Waals surface area (Å²) in [5.41, 5.74) is -4.63. The maximum atomic E-state index is 17.1. The summed E-state index contributed by atoms with van der Waals surface area (Å²) in [5, 5.41) is 23.8. The van der Waals surface area contributed by atoms with Crippen LogP contribution in [-0.2, 0) is 33.3 Å². The fraction of sp³-hybridized carbons (Fsp3) is 0.610. The summed E-state index contributed by atoms with van der Waals surface area (Å²) in [6.45, 7) is 11.8. The van der Waals surface area contributed by atoms with Crippen molar-refractivity contribution >= 4 is 34.5 Å². The summed E-state index contributed by atoms with van der Waals surface area (Å²) in [4.78, 5) is 48.0. The number of aliphatic hydroxyl groups excluding tert-OH is 1. The van der Waals surface area contributed by atoms with Crippen molar-refractivity contribution in [3.05, 3.63) is 59.8 Å². The highest BCUT2D eigenvalue weighted by molar-refractivity contribution is 6.02. The first-order valence-corrected chi connectivity index (χ1v) is 18.4. The van der Waals surface area contributed by atoms with Crippen LogP contribution in [0.4, 0.5) is 4.39 Å². The zero-order valence-electron chi connectivity index (χ0n) is 32.7. The number of pyridine rings is 1. The Morgan fingerprint density at radius 1 is 1.11 bits per heavy atom. The number of hydrogen-bond donors (Lipinski definition) is 2. The van der Waals surface area contributed by atoms with E-state index >= 15 is 4.39 Å². The average Bonchev–Trinajstić information content (AvgIpc) is 3.09. The number of para-hydroxylation sites is 1. The summed E-state index contributed by atoms with van der Waals surface area (Å²) in [6, 6.07) is 9.28. The van der Waals surface area contributed by atoms with E-state index in [1.807, 2.05) is 56.3 Å². The number of likely N-dealkylation sites (N-methyl/N-ethyl adjacent to an activating group) is 1. The Hall–Kier alpha value is -3.39. The number of rotatable bonds is 8. The molecule has 1 aromatic heterocycles. The Balaban J connectivity index is 1.82. The predicted octanol–water partition coefficient (Wildman–Crippen LogP) is 5.40. The maximum Gasteiger partial charge on any atom is 0.316 e. The van der Waals surface area contributed by atoms with Gasteiger partial charge in [-0.2, -0.15) is 0 Å². The lowest BCUT2D eigenvalue weighted by atomic mass is 9.75. The Morgan fingerprint density at radius 2 is 1.79 bits per heavy atom. The number of alkyl halides is 1. The number of esters is 1. The molecule has 292 valence electrons. The van der Waals surface area contributed by atoms with Gasteiger partial charge in [0.2, 0.25) is 0 Å². The number of Topliss-reactive ketones (excluding diaryl/α,β-unsaturated/α-hetero) is 2. The molecule has 1 fully saturated rings. The van der Waals surface area contributed by atoms with E-state index in [1.54, 1.807) is 39.1 Å². The summed E-state index contributed by atoms with van der Waals surface area (Å²) in [5.74, 6) is -4.87. The molecule has 53 heavy (non-hydrogen) atoms. The molecule has 2 aromatic rings. The van der Waals surface area contributed by atoms with E-state index in [4.69, 9.17) is 18.9 Å². The van der Waals surface area contributed by atoms with Gasteiger partial charge >= 0.3 is 5.97 Å². The predicted molar refractivity (Wildman–Crippen MR) is 199 cm³/mol. The minimum absolute atomic E-state index is 0.0825. The summed E-state index contributed by atoms with van der Waals surface area (Å²) in [7, 11) is 3.65. The van der Waals surface area contributed by atoms with Crippen molar-refractivity contribution in [2.45, 2.75) is 128 Å². The summed E-state index contributed by atoms with van der Waals surface area (Å²) in [6.07, 6.45) is 1.23. The van der Waals surface area contributed by atoms with Gasteiger partial charge in [-0.05, 0) is 97.8 Å². The van der Waals surface area contributed by atoms with Gasteiger partial charge in [0, 0.05) is 30.0 Å². The third kappa shape index (κ3) is 9.84. The maximum absolute atomic E-state index is 17.1. The van der Waals surface area contributed by atoms with Crippen molar-refractivity contribution in [1.82, 2.24) is 9.88 Å². The van der Waals surface area contributed by atoms with E-state index in [1.165, 1.54) is 26.8 Å². The number of ether oxygens (including phenoxy) is 4. The Kier molecular flexibility index (Phi) is 13.6. The zero-order valence-corrected chi connectivity index (χ0v) is 32.7. The molecule has 3 heterocycles. The number of cyclic esters (lactones) is 1. The second-order valence-corrected chi connectivity index (χ2v) is 15.6. The molecule has 0 unspecified atom stereocenters. The van der Waals surface area contributed by atoms with Crippen LogP contribution >= 0.6 is 0 Å². The monoisotopic (exact) mass is 740 g/mol. The number of hydrogen-bond acceptors (Lipinski definition) is 11. The minimum atomic E-state index is -2.60. The standard InChI is InChI=1S/C41H57FN2O9/c1-11-32-40(7,49)21-24(2)35(47)39(6,42)23-41(8,50-18-14-15-28-20-29-16-12-13-17-30(29)43-22-28)36(26(4)33(45)27(5)37(48)52-32)53-38-34(46)31(44(9)10)19-25(3)51-38/h12-17,20-22,25-27,31-32,34,36,38,46,49H,11,18-19,23H2,1-10H3/t25-,26+,27-,31+,32-,34-,36-,38+,39+,40+,41-/m1/s1. The number of halogens is 1. The molecule has 12 heteroatoms. The van der Waals surface area contributed by atoms with E-state index in [2.05, 4.69) is 4.98 Å². The third-order valence-electron chi connectivity index (χ3n) is 10.6. The Labute approximate surface area is 312 Å². The van der Waals surface area contributed by atoms with E-state index < -0.39 is 77.3 Å². The average molecular weight is 741 g/mol. The van der Waals surface area contributed by atoms with E-state index in [-0.39, 0.29) is 30.7 Å². The molecule has 4 rings (SSSR count). The van der Waals surface area contributed by atoms with Crippen LogP contribution in [0.3, 0.4) is 0 Å². The first-order chi connectivity index (χ1) is 24.7. The van der Waals surface area contributed by atoms with Crippen molar-refractivity contribution in [2.24, 2.45) is 11.8 Å². The number of aliphatic hydroxyl groups is 2. The van der Waals surface area contributed by atoms with Crippen LogP contribution in [0.25, 0.3) is 17.0 Å². The molecular formula is C41H57FN2O9. The smallest absolute Gasteiger partial charge is 0.316 e.